The van der Waals surface area contributed by atoms with Gasteiger partial charge in [-0.3, -0.25) is 9.69 Å². The summed E-state index contributed by atoms with van der Waals surface area (Å²) in [7, 11) is 0. The lowest BCUT2D eigenvalue weighted by molar-refractivity contribution is -0.145. The van der Waals surface area contributed by atoms with Gasteiger partial charge in [0.15, 0.2) is 5.76 Å². The number of aryl methyl sites for hydroxylation is 1. The largest absolute Gasteiger partial charge is 0.465 e. The standard InChI is InChI=1S/C12H20N2O3/c1-5-16-12(15)8-14(9(2)3)7-11-6-10(4)13-17-11/h6,9H,5,7-8H2,1-4H3. The third-order valence-electron chi connectivity index (χ3n) is 2.40. The quantitative estimate of drug-likeness (QED) is 0.709. The molecule has 0 radical (unpaired) electrons. The number of carbonyl (C=O) groups is 1. The van der Waals surface area contributed by atoms with E-state index in [2.05, 4.69) is 5.16 Å². The first kappa shape index (κ1) is 13.7. The third-order valence-corrected chi connectivity index (χ3v) is 2.40. The minimum absolute atomic E-state index is 0.211. The van der Waals surface area contributed by atoms with Crippen LogP contribution in [0.25, 0.3) is 0 Å². The highest BCUT2D eigenvalue weighted by Crippen LogP contribution is 2.09. The average Bonchev–Trinajstić information content (AvgIpc) is 2.63. The molecule has 1 heterocycles. The fourth-order valence-electron chi connectivity index (χ4n) is 1.48. The van der Waals surface area contributed by atoms with Crippen molar-refractivity contribution >= 4 is 5.97 Å². The molecule has 0 aliphatic rings. The van der Waals surface area contributed by atoms with Crippen molar-refractivity contribution in [1.29, 1.82) is 0 Å². The van der Waals surface area contributed by atoms with Crippen LogP contribution in [0.2, 0.25) is 0 Å². The van der Waals surface area contributed by atoms with E-state index in [0.717, 1.165) is 11.5 Å². The second-order valence-corrected chi connectivity index (χ2v) is 4.24. The number of hydrogen-bond donors (Lipinski definition) is 0. The summed E-state index contributed by atoms with van der Waals surface area (Å²) in [5.41, 5.74) is 0.847. The molecule has 5 heteroatoms. The summed E-state index contributed by atoms with van der Waals surface area (Å²) in [6.07, 6.45) is 0. The monoisotopic (exact) mass is 240 g/mol. The van der Waals surface area contributed by atoms with Gasteiger partial charge in [0.05, 0.1) is 25.4 Å². The number of aromatic nitrogens is 1. The molecule has 0 unspecified atom stereocenters. The lowest BCUT2D eigenvalue weighted by Gasteiger charge is -2.23. The first-order chi connectivity index (χ1) is 8.02. The van der Waals surface area contributed by atoms with Crippen molar-refractivity contribution in [2.45, 2.75) is 40.3 Å². The lowest BCUT2D eigenvalue weighted by Crippen LogP contribution is -2.35. The third kappa shape index (κ3) is 4.56. The number of carbonyl (C=O) groups excluding carboxylic acids is 1. The Balaban J connectivity index is 2.57. The number of ether oxygens (including phenoxy) is 1. The Labute approximate surface area is 102 Å². The maximum absolute atomic E-state index is 11.4. The van der Waals surface area contributed by atoms with Crippen LogP contribution in [0, 0.1) is 6.92 Å². The minimum Gasteiger partial charge on any atom is -0.465 e. The fourth-order valence-corrected chi connectivity index (χ4v) is 1.48. The van der Waals surface area contributed by atoms with E-state index in [9.17, 15) is 4.79 Å². The molecule has 0 saturated carbocycles. The van der Waals surface area contributed by atoms with Gasteiger partial charge in [-0.2, -0.15) is 0 Å². The number of rotatable bonds is 6. The summed E-state index contributed by atoms with van der Waals surface area (Å²) in [6, 6.07) is 2.12. The molecule has 96 valence electrons. The second-order valence-electron chi connectivity index (χ2n) is 4.24. The molecule has 0 atom stereocenters. The number of esters is 1. The molecule has 0 amide bonds. The molecule has 0 spiro atoms. The summed E-state index contributed by atoms with van der Waals surface area (Å²) in [5, 5.41) is 3.83. The van der Waals surface area contributed by atoms with E-state index < -0.39 is 0 Å². The van der Waals surface area contributed by atoms with Gasteiger partial charge in [-0.1, -0.05) is 5.16 Å². The Hall–Kier alpha value is -1.36. The molecular weight excluding hydrogens is 220 g/mol. The fraction of sp³-hybridized carbons (Fsp3) is 0.667. The highest BCUT2D eigenvalue weighted by molar-refractivity contribution is 5.71. The molecule has 0 aliphatic carbocycles. The van der Waals surface area contributed by atoms with Crippen LogP contribution in [-0.4, -0.2) is 35.2 Å². The maximum Gasteiger partial charge on any atom is 0.320 e. The summed E-state index contributed by atoms with van der Waals surface area (Å²) < 4.78 is 10.1. The maximum atomic E-state index is 11.4. The summed E-state index contributed by atoms with van der Waals surface area (Å²) in [6.45, 7) is 8.98. The molecule has 17 heavy (non-hydrogen) atoms. The molecule has 1 aromatic rings. The molecular formula is C12H20N2O3. The van der Waals surface area contributed by atoms with E-state index in [1.807, 2.05) is 31.7 Å². The van der Waals surface area contributed by atoms with Crippen LogP contribution in [0.5, 0.6) is 0 Å². The van der Waals surface area contributed by atoms with Crippen LogP contribution < -0.4 is 0 Å². The Morgan fingerprint density at radius 3 is 2.76 bits per heavy atom. The highest BCUT2D eigenvalue weighted by atomic mass is 16.5. The second kappa shape index (κ2) is 6.39. The molecule has 1 aromatic heterocycles. The average molecular weight is 240 g/mol. The van der Waals surface area contributed by atoms with Crippen molar-refractivity contribution < 1.29 is 14.1 Å². The number of hydrogen-bond acceptors (Lipinski definition) is 5. The smallest absolute Gasteiger partial charge is 0.320 e. The van der Waals surface area contributed by atoms with E-state index in [1.54, 1.807) is 6.92 Å². The Kier molecular flexibility index (Phi) is 5.15. The van der Waals surface area contributed by atoms with Crippen molar-refractivity contribution in [2.75, 3.05) is 13.2 Å². The Bertz CT molecular complexity index is 360. The van der Waals surface area contributed by atoms with Crippen LogP contribution in [0.3, 0.4) is 0 Å². The van der Waals surface area contributed by atoms with Gasteiger partial charge in [0.2, 0.25) is 0 Å². The first-order valence-electron chi connectivity index (χ1n) is 5.84. The van der Waals surface area contributed by atoms with E-state index >= 15 is 0 Å². The van der Waals surface area contributed by atoms with Gasteiger partial charge in [-0.15, -0.1) is 0 Å². The van der Waals surface area contributed by atoms with Gasteiger partial charge in [-0.05, 0) is 27.7 Å². The van der Waals surface area contributed by atoms with Gasteiger partial charge in [-0.25, -0.2) is 0 Å². The van der Waals surface area contributed by atoms with Crippen molar-refractivity contribution in [1.82, 2.24) is 10.1 Å². The molecule has 1 rings (SSSR count). The first-order valence-corrected chi connectivity index (χ1v) is 5.84. The molecule has 0 fully saturated rings. The molecule has 0 aromatic carbocycles. The molecule has 0 saturated heterocycles. The summed E-state index contributed by atoms with van der Waals surface area (Å²) in [5.74, 6) is 0.554. The van der Waals surface area contributed by atoms with Crippen molar-refractivity contribution in [3.63, 3.8) is 0 Å². The van der Waals surface area contributed by atoms with Crippen molar-refractivity contribution in [2.24, 2.45) is 0 Å². The normalized spacial score (nSPS) is 11.2. The number of nitrogens with zero attached hydrogens (tertiary/aromatic N) is 2. The summed E-state index contributed by atoms with van der Waals surface area (Å²) >= 11 is 0. The van der Waals surface area contributed by atoms with Gasteiger partial charge >= 0.3 is 5.97 Å². The van der Waals surface area contributed by atoms with Gasteiger partial charge in [0.25, 0.3) is 0 Å². The zero-order valence-corrected chi connectivity index (χ0v) is 10.9. The predicted octanol–water partition coefficient (Wildman–Crippen LogP) is 1.76. The zero-order valence-electron chi connectivity index (χ0n) is 10.9. The van der Waals surface area contributed by atoms with E-state index in [0.29, 0.717) is 13.2 Å². The minimum atomic E-state index is -0.211. The Morgan fingerprint density at radius 1 is 1.59 bits per heavy atom. The van der Waals surface area contributed by atoms with Crippen LogP contribution in [0.15, 0.2) is 10.6 Å². The van der Waals surface area contributed by atoms with Gasteiger partial charge in [0, 0.05) is 12.1 Å². The molecule has 0 bridgehead atoms. The highest BCUT2D eigenvalue weighted by Gasteiger charge is 2.17. The zero-order chi connectivity index (χ0) is 12.8. The van der Waals surface area contributed by atoms with Crippen molar-refractivity contribution in [3.05, 3.63) is 17.5 Å². The summed E-state index contributed by atoms with van der Waals surface area (Å²) in [4.78, 5) is 13.4. The van der Waals surface area contributed by atoms with E-state index in [-0.39, 0.29) is 18.6 Å². The van der Waals surface area contributed by atoms with Crippen LogP contribution in [-0.2, 0) is 16.1 Å². The predicted molar refractivity (Wildman–Crippen MR) is 63.4 cm³/mol. The SMILES string of the molecule is CCOC(=O)CN(Cc1cc(C)no1)C(C)C. The van der Waals surface area contributed by atoms with E-state index in [1.165, 1.54) is 0 Å². The molecule has 0 N–H and O–H groups in total. The van der Waals surface area contributed by atoms with Gasteiger partial charge < -0.3 is 9.26 Å². The van der Waals surface area contributed by atoms with Gasteiger partial charge in [0.1, 0.15) is 0 Å². The Morgan fingerprint density at radius 2 is 2.29 bits per heavy atom. The topological polar surface area (TPSA) is 55.6 Å². The van der Waals surface area contributed by atoms with Crippen LogP contribution in [0.4, 0.5) is 0 Å². The molecule has 5 nitrogen and oxygen atoms in total. The van der Waals surface area contributed by atoms with Crippen molar-refractivity contribution in [3.8, 4) is 0 Å². The van der Waals surface area contributed by atoms with Crippen LogP contribution >= 0.6 is 0 Å². The molecule has 0 aliphatic heterocycles. The van der Waals surface area contributed by atoms with Crippen LogP contribution in [0.1, 0.15) is 32.2 Å². The van der Waals surface area contributed by atoms with E-state index in [4.69, 9.17) is 9.26 Å². The lowest BCUT2D eigenvalue weighted by atomic mass is 10.3.